The van der Waals surface area contributed by atoms with E-state index in [4.69, 9.17) is 4.74 Å². The highest BCUT2D eigenvalue weighted by molar-refractivity contribution is 5.16. The van der Waals surface area contributed by atoms with Gasteiger partial charge in [-0.05, 0) is 25.3 Å². The van der Waals surface area contributed by atoms with E-state index in [1.54, 1.807) is 7.11 Å². The monoisotopic (exact) mass is 276 g/mol. The van der Waals surface area contributed by atoms with Crippen LogP contribution in [0.5, 0.6) is 0 Å². The summed E-state index contributed by atoms with van der Waals surface area (Å²) in [7, 11) is 1.80. The first-order chi connectivity index (χ1) is 9.74. The molecule has 1 aliphatic heterocycles. The normalized spacial score (nSPS) is 25.6. The molecular weight excluding hydrogens is 248 g/mol. The van der Waals surface area contributed by atoms with Gasteiger partial charge in [0.1, 0.15) is 0 Å². The lowest BCUT2D eigenvalue weighted by Crippen LogP contribution is -2.59. The molecule has 3 nitrogen and oxygen atoms in total. The van der Waals surface area contributed by atoms with Crippen LogP contribution in [0.15, 0.2) is 30.3 Å². The smallest absolute Gasteiger partial charge is 0.0618 e. The van der Waals surface area contributed by atoms with Crippen molar-refractivity contribution in [3.8, 4) is 0 Å². The Balaban J connectivity index is 1.96. The van der Waals surface area contributed by atoms with Crippen LogP contribution in [0.25, 0.3) is 0 Å². The SMILES string of the molecule is CCC(COC)N1CC(Cc2ccccc2)NCC1C. The standard InChI is InChI=1S/C17H28N2O/c1-4-17(13-20-3)19-12-16(18-11-14(19)2)10-15-8-6-5-7-9-15/h5-9,14,16-18H,4,10-13H2,1-3H3. The lowest BCUT2D eigenvalue weighted by molar-refractivity contribution is 0.0373. The number of methoxy groups -OCH3 is 1. The van der Waals surface area contributed by atoms with Crippen molar-refractivity contribution in [3.05, 3.63) is 35.9 Å². The third-order valence-corrected chi connectivity index (χ3v) is 4.32. The van der Waals surface area contributed by atoms with Gasteiger partial charge < -0.3 is 10.1 Å². The van der Waals surface area contributed by atoms with Crippen molar-refractivity contribution in [2.45, 2.75) is 44.8 Å². The second-order valence-electron chi connectivity index (χ2n) is 5.86. The molecule has 1 aromatic carbocycles. The summed E-state index contributed by atoms with van der Waals surface area (Å²) in [5.74, 6) is 0. The maximum atomic E-state index is 5.39. The Morgan fingerprint density at radius 3 is 2.75 bits per heavy atom. The number of hydrogen-bond donors (Lipinski definition) is 1. The first kappa shape index (κ1) is 15.5. The van der Waals surface area contributed by atoms with Gasteiger partial charge in [-0.3, -0.25) is 4.90 Å². The highest BCUT2D eigenvalue weighted by Crippen LogP contribution is 2.16. The summed E-state index contributed by atoms with van der Waals surface area (Å²) in [5, 5.41) is 3.69. The lowest BCUT2D eigenvalue weighted by Gasteiger charge is -2.43. The molecule has 1 aromatic rings. The Hall–Kier alpha value is -0.900. The lowest BCUT2D eigenvalue weighted by atomic mass is 10.00. The zero-order valence-corrected chi connectivity index (χ0v) is 13.0. The van der Waals surface area contributed by atoms with Crippen LogP contribution in [0.1, 0.15) is 25.8 Å². The third-order valence-electron chi connectivity index (χ3n) is 4.32. The van der Waals surface area contributed by atoms with Crippen LogP contribution < -0.4 is 5.32 Å². The second-order valence-corrected chi connectivity index (χ2v) is 5.86. The van der Waals surface area contributed by atoms with Gasteiger partial charge in [0, 0.05) is 38.3 Å². The number of benzene rings is 1. The van der Waals surface area contributed by atoms with E-state index in [-0.39, 0.29) is 0 Å². The largest absolute Gasteiger partial charge is 0.383 e. The Labute approximate surface area is 123 Å². The molecule has 112 valence electrons. The summed E-state index contributed by atoms with van der Waals surface area (Å²) in [6, 6.07) is 12.4. The Morgan fingerprint density at radius 1 is 1.35 bits per heavy atom. The molecule has 0 aromatic heterocycles. The quantitative estimate of drug-likeness (QED) is 0.863. The molecule has 0 amide bonds. The number of nitrogens with one attached hydrogen (secondary N) is 1. The summed E-state index contributed by atoms with van der Waals surface area (Å²) in [5.41, 5.74) is 1.42. The number of piperazine rings is 1. The maximum Gasteiger partial charge on any atom is 0.0618 e. The summed E-state index contributed by atoms with van der Waals surface area (Å²) >= 11 is 0. The van der Waals surface area contributed by atoms with E-state index in [0.29, 0.717) is 18.1 Å². The third kappa shape index (κ3) is 4.05. The van der Waals surface area contributed by atoms with E-state index in [0.717, 1.165) is 32.5 Å². The van der Waals surface area contributed by atoms with Gasteiger partial charge in [-0.15, -0.1) is 0 Å². The van der Waals surface area contributed by atoms with Gasteiger partial charge in [0.2, 0.25) is 0 Å². The van der Waals surface area contributed by atoms with Crippen molar-refractivity contribution in [1.82, 2.24) is 10.2 Å². The van der Waals surface area contributed by atoms with Gasteiger partial charge in [0.25, 0.3) is 0 Å². The Morgan fingerprint density at radius 2 is 2.10 bits per heavy atom. The van der Waals surface area contributed by atoms with Crippen molar-refractivity contribution >= 4 is 0 Å². The van der Waals surface area contributed by atoms with Crippen LogP contribution in [0.2, 0.25) is 0 Å². The minimum absolute atomic E-state index is 0.537. The Bertz CT molecular complexity index is 382. The Kier molecular flexibility index (Phi) is 6.02. The van der Waals surface area contributed by atoms with Crippen LogP contribution >= 0.6 is 0 Å². The van der Waals surface area contributed by atoms with Crippen molar-refractivity contribution < 1.29 is 4.74 Å². The second kappa shape index (κ2) is 7.77. The molecule has 0 bridgehead atoms. The molecule has 0 saturated carbocycles. The van der Waals surface area contributed by atoms with E-state index >= 15 is 0 Å². The summed E-state index contributed by atoms with van der Waals surface area (Å²) in [6.45, 7) is 7.57. The van der Waals surface area contributed by atoms with Gasteiger partial charge in [-0.1, -0.05) is 37.3 Å². The number of ether oxygens (including phenoxy) is 1. The summed E-state index contributed by atoms with van der Waals surface area (Å²) in [4.78, 5) is 2.62. The molecule has 3 atom stereocenters. The van der Waals surface area contributed by atoms with Gasteiger partial charge in [0.15, 0.2) is 0 Å². The van der Waals surface area contributed by atoms with Crippen molar-refractivity contribution in [1.29, 1.82) is 0 Å². The first-order valence-electron chi connectivity index (χ1n) is 7.76. The van der Waals surface area contributed by atoms with Gasteiger partial charge >= 0.3 is 0 Å². The number of rotatable bonds is 6. The average molecular weight is 276 g/mol. The molecule has 3 unspecified atom stereocenters. The van der Waals surface area contributed by atoms with Crippen molar-refractivity contribution in [2.75, 3.05) is 26.8 Å². The fraction of sp³-hybridized carbons (Fsp3) is 0.647. The van der Waals surface area contributed by atoms with Crippen LogP contribution in [0.3, 0.4) is 0 Å². The molecule has 1 N–H and O–H groups in total. The van der Waals surface area contributed by atoms with E-state index in [1.807, 2.05) is 0 Å². The molecule has 20 heavy (non-hydrogen) atoms. The summed E-state index contributed by atoms with van der Waals surface area (Å²) < 4.78 is 5.39. The minimum Gasteiger partial charge on any atom is -0.383 e. The average Bonchev–Trinajstić information content (AvgIpc) is 2.48. The molecule has 0 spiro atoms. The molecule has 0 radical (unpaired) electrons. The van der Waals surface area contributed by atoms with Gasteiger partial charge in [-0.2, -0.15) is 0 Å². The number of nitrogens with zero attached hydrogens (tertiary/aromatic N) is 1. The van der Waals surface area contributed by atoms with Crippen LogP contribution in [0, 0.1) is 0 Å². The van der Waals surface area contributed by atoms with E-state index in [1.165, 1.54) is 5.56 Å². The molecular formula is C17H28N2O. The summed E-state index contributed by atoms with van der Waals surface area (Å²) in [6.07, 6.45) is 2.25. The minimum atomic E-state index is 0.537. The highest BCUT2D eigenvalue weighted by Gasteiger charge is 2.29. The van der Waals surface area contributed by atoms with Gasteiger partial charge in [-0.25, -0.2) is 0 Å². The predicted octanol–water partition coefficient (Wildman–Crippen LogP) is 2.32. The molecule has 1 fully saturated rings. The van der Waals surface area contributed by atoms with Crippen LogP contribution in [-0.4, -0.2) is 49.8 Å². The van der Waals surface area contributed by atoms with Crippen molar-refractivity contribution in [3.63, 3.8) is 0 Å². The molecule has 0 aliphatic carbocycles. The molecule has 2 rings (SSSR count). The number of hydrogen-bond acceptors (Lipinski definition) is 3. The van der Waals surface area contributed by atoms with Gasteiger partial charge in [0.05, 0.1) is 6.61 Å². The van der Waals surface area contributed by atoms with Crippen LogP contribution in [0.4, 0.5) is 0 Å². The molecule has 1 aliphatic rings. The highest BCUT2D eigenvalue weighted by atomic mass is 16.5. The molecule has 1 saturated heterocycles. The fourth-order valence-electron chi connectivity index (χ4n) is 3.14. The van der Waals surface area contributed by atoms with E-state index < -0.39 is 0 Å². The van der Waals surface area contributed by atoms with E-state index in [2.05, 4.69) is 54.4 Å². The topological polar surface area (TPSA) is 24.5 Å². The zero-order chi connectivity index (χ0) is 14.4. The maximum absolute atomic E-state index is 5.39. The fourth-order valence-corrected chi connectivity index (χ4v) is 3.14. The predicted molar refractivity (Wildman–Crippen MR) is 84.1 cm³/mol. The van der Waals surface area contributed by atoms with E-state index in [9.17, 15) is 0 Å². The van der Waals surface area contributed by atoms with Crippen molar-refractivity contribution in [2.24, 2.45) is 0 Å². The first-order valence-corrected chi connectivity index (χ1v) is 7.76. The van der Waals surface area contributed by atoms with Crippen LogP contribution in [-0.2, 0) is 11.2 Å². The zero-order valence-electron chi connectivity index (χ0n) is 13.0. The molecule has 1 heterocycles. The molecule has 3 heteroatoms.